The number of esters is 1. The molecule has 0 aliphatic heterocycles. The van der Waals surface area contributed by atoms with E-state index in [0.29, 0.717) is 0 Å². The molecule has 0 aromatic heterocycles. The van der Waals surface area contributed by atoms with Crippen LogP contribution in [0.2, 0.25) is 0 Å². The molecule has 5 heteroatoms. The van der Waals surface area contributed by atoms with Gasteiger partial charge in [-0.05, 0) is 5.56 Å². The summed E-state index contributed by atoms with van der Waals surface area (Å²) in [6.45, 7) is 0.212. The molecule has 0 saturated carbocycles. The monoisotopic (exact) mass is 240 g/mol. The van der Waals surface area contributed by atoms with Crippen molar-refractivity contribution in [1.82, 2.24) is 0 Å². The Balaban J connectivity index is 2.31. The number of carbonyl (C=O) groups is 1. The number of ether oxygens (including phenoxy) is 1. The van der Waals surface area contributed by atoms with E-state index in [0.717, 1.165) is 5.56 Å². The third kappa shape index (κ3) is 5.03. The largest absolute Gasteiger partial charge is 0.629 e. The minimum Gasteiger partial charge on any atom is -0.629 e. The number of benzene rings is 1. The third-order valence-corrected chi connectivity index (χ3v) is 2.71. The van der Waals surface area contributed by atoms with Gasteiger partial charge in [0.15, 0.2) is 6.35 Å². The van der Waals surface area contributed by atoms with Gasteiger partial charge in [0.2, 0.25) is 0 Å². The molecule has 0 aliphatic rings. The van der Waals surface area contributed by atoms with E-state index >= 15 is 0 Å². The van der Waals surface area contributed by atoms with Crippen molar-refractivity contribution in [3.63, 3.8) is 0 Å². The Morgan fingerprint density at radius 2 is 2.12 bits per heavy atom. The van der Waals surface area contributed by atoms with Crippen LogP contribution in [0.4, 0.5) is 0 Å². The Labute approximate surface area is 95.0 Å². The van der Waals surface area contributed by atoms with Crippen LogP contribution in [0.15, 0.2) is 30.3 Å². The molecule has 0 spiro atoms. The molecule has 0 amide bonds. The molecule has 1 aromatic carbocycles. The van der Waals surface area contributed by atoms with Crippen LogP contribution in [-0.4, -0.2) is 23.2 Å². The summed E-state index contributed by atoms with van der Waals surface area (Å²) in [5, 5.41) is 8.49. The maximum absolute atomic E-state index is 11.2. The lowest BCUT2D eigenvalue weighted by Crippen LogP contribution is -2.06. The van der Waals surface area contributed by atoms with Crippen LogP contribution in [-0.2, 0) is 16.1 Å². The first kappa shape index (κ1) is 12.8. The van der Waals surface area contributed by atoms with Crippen LogP contribution >= 0.6 is 7.77 Å². The predicted octanol–water partition coefficient (Wildman–Crippen LogP) is 0.629. The van der Waals surface area contributed by atoms with Crippen LogP contribution in [0.5, 0.6) is 0 Å². The summed E-state index contributed by atoms with van der Waals surface area (Å²) < 4.78 is 4.94. The smallest absolute Gasteiger partial charge is 0.313 e. The van der Waals surface area contributed by atoms with Crippen molar-refractivity contribution >= 4 is 19.5 Å². The number of carbonyl (C=O) groups excluding carboxylic acids is 1. The molecule has 1 rings (SSSR count). The summed E-state index contributed by atoms with van der Waals surface area (Å²) in [4.78, 5) is 22.0. The highest BCUT2D eigenvalue weighted by atomic mass is 31.1. The molecule has 1 aromatic rings. The van der Waals surface area contributed by atoms with Crippen LogP contribution in [0, 0.1) is 0 Å². The van der Waals surface area contributed by atoms with Crippen molar-refractivity contribution in [2.45, 2.75) is 13.0 Å². The van der Waals surface area contributed by atoms with Crippen molar-refractivity contribution in [3.05, 3.63) is 35.9 Å². The van der Waals surface area contributed by atoms with Crippen molar-refractivity contribution in [2.24, 2.45) is 0 Å². The van der Waals surface area contributed by atoms with E-state index in [4.69, 9.17) is 9.84 Å². The first-order valence-electron chi connectivity index (χ1n) is 4.80. The Morgan fingerprint density at radius 1 is 1.44 bits per heavy atom. The molecular formula is C11H13O4P. The Morgan fingerprint density at radius 3 is 2.75 bits per heavy atom. The fourth-order valence-corrected chi connectivity index (χ4v) is 1.50. The molecule has 0 aliphatic carbocycles. The highest BCUT2D eigenvalue weighted by Crippen LogP contribution is 2.07. The average Bonchev–Trinajstić information content (AvgIpc) is 2.34. The molecule has 1 N–H and O–H groups in total. The summed E-state index contributed by atoms with van der Waals surface area (Å²) in [7, 11) is -1.80. The van der Waals surface area contributed by atoms with E-state index in [1.54, 1.807) is 0 Å². The van der Waals surface area contributed by atoms with Gasteiger partial charge in [-0.25, -0.2) is 0 Å². The van der Waals surface area contributed by atoms with E-state index in [-0.39, 0.29) is 13.0 Å². The number of hydrogen-bond acceptors (Lipinski definition) is 4. The number of rotatable bonds is 5. The maximum atomic E-state index is 11.2. The lowest BCUT2D eigenvalue weighted by molar-refractivity contribution is -0.156. The number of aliphatic hydroxyl groups excluding tert-OH is 1. The maximum Gasteiger partial charge on any atom is 0.313 e. The lowest BCUT2D eigenvalue weighted by atomic mass is 10.2. The molecule has 0 saturated heterocycles. The Hall–Kier alpha value is -1.22. The van der Waals surface area contributed by atoms with Gasteiger partial charge in [-0.1, -0.05) is 30.3 Å². The second kappa shape index (κ2) is 7.12. The molecule has 1 unspecified atom stereocenters. The van der Waals surface area contributed by atoms with E-state index < -0.39 is 20.1 Å². The van der Waals surface area contributed by atoms with Gasteiger partial charge >= 0.3 is 5.97 Å². The van der Waals surface area contributed by atoms with Crippen molar-refractivity contribution in [2.75, 3.05) is 6.35 Å². The quantitative estimate of drug-likeness (QED) is 0.605. The minimum absolute atomic E-state index is 0.0391. The highest BCUT2D eigenvalue weighted by molar-refractivity contribution is 7.49. The fraction of sp³-hybridized carbons (Fsp3) is 0.273. The molecule has 0 heterocycles. The summed E-state index contributed by atoms with van der Waals surface area (Å²) in [5.41, 5.74) is 0.905. The van der Waals surface area contributed by atoms with Crippen molar-refractivity contribution in [3.8, 4) is 0 Å². The Bertz CT molecular complexity index is 362. The van der Waals surface area contributed by atoms with Gasteiger partial charge in [-0.2, -0.15) is 0 Å². The molecule has 4 nitrogen and oxygen atoms in total. The molecular weight excluding hydrogens is 227 g/mol. The van der Waals surface area contributed by atoms with Crippen LogP contribution in [0.1, 0.15) is 12.0 Å². The topological polar surface area (TPSA) is 69.6 Å². The molecule has 1 atom stereocenters. The van der Waals surface area contributed by atoms with Gasteiger partial charge in [-0.15, -0.1) is 0 Å². The molecule has 0 bridgehead atoms. The minimum atomic E-state index is -1.80. The summed E-state index contributed by atoms with van der Waals surface area (Å²) >= 11 is 0. The fourth-order valence-electron chi connectivity index (χ4n) is 1.03. The molecule has 0 fully saturated rings. The first-order chi connectivity index (χ1) is 7.72. The average molecular weight is 240 g/mol. The molecule has 16 heavy (non-hydrogen) atoms. The third-order valence-electron chi connectivity index (χ3n) is 1.84. The second-order valence-corrected chi connectivity index (χ2v) is 4.57. The first-order valence-corrected chi connectivity index (χ1v) is 6.31. The highest BCUT2D eigenvalue weighted by Gasteiger charge is 2.03. The normalized spacial score (nSPS) is 11.2. The number of aliphatic hydroxyl groups is 1. The summed E-state index contributed by atoms with van der Waals surface area (Å²) in [6.07, 6.45) is -0.468. The Kier molecular flexibility index (Phi) is 5.72. The van der Waals surface area contributed by atoms with Gasteiger partial charge in [0.25, 0.3) is 0 Å². The van der Waals surface area contributed by atoms with Crippen LogP contribution in [0.25, 0.3) is 0 Å². The van der Waals surface area contributed by atoms with Crippen molar-refractivity contribution < 1.29 is 19.5 Å². The molecule has 86 valence electrons. The van der Waals surface area contributed by atoms with Gasteiger partial charge in [0, 0.05) is 0 Å². The summed E-state index contributed by atoms with van der Waals surface area (Å²) in [6, 6.07) is 9.30. The summed E-state index contributed by atoms with van der Waals surface area (Å²) in [5.74, 6) is 0.823. The standard InChI is InChI=1S/C11H13O4P/c12-9-16(14)7-6-11(13)15-8-10-4-2-1-3-5-10/h1-5,7,12H,6,8-9H2. The SMILES string of the molecule is O=C(CC=[P+]([O-])CO)OCc1ccccc1. The van der Waals surface area contributed by atoms with Crippen molar-refractivity contribution in [1.29, 1.82) is 0 Å². The zero-order valence-corrected chi connectivity index (χ0v) is 9.60. The lowest BCUT2D eigenvalue weighted by Gasteiger charge is -2.02. The van der Waals surface area contributed by atoms with E-state index in [9.17, 15) is 9.69 Å². The van der Waals surface area contributed by atoms with Gasteiger partial charge in [0.1, 0.15) is 13.0 Å². The van der Waals surface area contributed by atoms with E-state index in [1.165, 1.54) is 5.80 Å². The predicted molar refractivity (Wildman–Crippen MR) is 60.9 cm³/mol. The van der Waals surface area contributed by atoms with Gasteiger partial charge in [-0.3, -0.25) is 4.79 Å². The zero-order valence-electron chi connectivity index (χ0n) is 8.70. The van der Waals surface area contributed by atoms with E-state index in [2.05, 4.69) is 0 Å². The van der Waals surface area contributed by atoms with Gasteiger partial charge in [0.05, 0.1) is 13.6 Å². The zero-order chi connectivity index (χ0) is 11.8. The van der Waals surface area contributed by atoms with Gasteiger partial charge < -0.3 is 14.7 Å². The van der Waals surface area contributed by atoms with E-state index in [1.807, 2.05) is 30.3 Å². The molecule has 0 radical (unpaired) electrons. The van der Waals surface area contributed by atoms with Crippen LogP contribution < -0.4 is 4.89 Å². The second-order valence-electron chi connectivity index (χ2n) is 3.09. The van der Waals surface area contributed by atoms with Crippen LogP contribution in [0.3, 0.4) is 0 Å². The number of hydrogen-bond donors (Lipinski definition) is 1.